The predicted octanol–water partition coefficient (Wildman–Crippen LogP) is 0.716. The summed E-state index contributed by atoms with van der Waals surface area (Å²) < 4.78 is 2.20. The number of nitrogens with zero attached hydrogens (tertiary/aromatic N) is 4. The van der Waals surface area contributed by atoms with Crippen LogP contribution in [0.2, 0.25) is 0 Å². The Morgan fingerprint density at radius 1 is 1.05 bits per heavy atom. The van der Waals surface area contributed by atoms with E-state index in [4.69, 9.17) is 0 Å². The number of amides is 1. The van der Waals surface area contributed by atoms with Crippen molar-refractivity contribution in [1.82, 2.24) is 25.0 Å². The lowest BCUT2D eigenvalue weighted by atomic mass is 10.1. The first-order chi connectivity index (χ1) is 9.84. The van der Waals surface area contributed by atoms with Gasteiger partial charge in [0.2, 0.25) is 5.91 Å². The largest absolute Gasteiger partial charge is 0.342 e. The monoisotopic (exact) mass is 277 g/mol. The number of aryl methyl sites for hydroxylation is 1. The van der Waals surface area contributed by atoms with Crippen LogP contribution in [0.25, 0.3) is 0 Å². The third-order valence-electron chi connectivity index (χ3n) is 4.20. The number of nitrogens with one attached hydrogen (secondary N) is 1. The summed E-state index contributed by atoms with van der Waals surface area (Å²) in [6.07, 6.45) is 6.97. The van der Waals surface area contributed by atoms with Crippen LogP contribution in [0.5, 0.6) is 0 Å². The summed E-state index contributed by atoms with van der Waals surface area (Å²) in [5.74, 6) is 2.27. The normalized spacial score (nSPS) is 18.9. The maximum atomic E-state index is 12.0. The Morgan fingerprint density at radius 3 is 2.70 bits per heavy atom. The molecule has 0 aliphatic carbocycles. The molecule has 1 fully saturated rings. The summed E-state index contributed by atoms with van der Waals surface area (Å²) in [4.78, 5) is 14.0. The van der Waals surface area contributed by atoms with E-state index in [-0.39, 0.29) is 5.91 Å². The molecule has 20 heavy (non-hydrogen) atoms. The average molecular weight is 277 g/mol. The lowest BCUT2D eigenvalue weighted by Gasteiger charge is -2.26. The maximum Gasteiger partial charge on any atom is 0.236 e. The molecule has 110 valence electrons. The minimum Gasteiger partial charge on any atom is -0.342 e. The van der Waals surface area contributed by atoms with Gasteiger partial charge < -0.3 is 14.8 Å². The van der Waals surface area contributed by atoms with Gasteiger partial charge in [-0.3, -0.25) is 4.79 Å². The molecule has 0 saturated carbocycles. The second-order valence-electron chi connectivity index (χ2n) is 5.69. The van der Waals surface area contributed by atoms with Gasteiger partial charge in [-0.25, -0.2) is 0 Å². The SMILES string of the molecule is O=C(CNCc1nnc2n1CCCC2)N1CCCCC1. The van der Waals surface area contributed by atoms with Gasteiger partial charge in [0.15, 0.2) is 0 Å². The molecule has 6 heteroatoms. The molecule has 1 aromatic heterocycles. The quantitative estimate of drug-likeness (QED) is 0.880. The molecule has 3 heterocycles. The van der Waals surface area contributed by atoms with Crippen molar-refractivity contribution in [3.8, 4) is 0 Å². The smallest absolute Gasteiger partial charge is 0.236 e. The van der Waals surface area contributed by atoms with Crippen LogP contribution >= 0.6 is 0 Å². The van der Waals surface area contributed by atoms with Crippen LogP contribution in [0, 0.1) is 0 Å². The fourth-order valence-electron chi connectivity index (χ4n) is 3.04. The molecule has 0 bridgehead atoms. The van der Waals surface area contributed by atoms with E-state index in [9.17, 15) is 4.79 Å². The van der Waals surface area contributed by atoms with E-state index in [2.05, 4.69) is 20.1 Å². The molecular weight excluding hydrogens is 254 g/mol. The van der Waals surface area contributed by atoms with E-state index in [1.165, 1.54) is 19.3 Å². The van der Waals surface area contributed by atoms with Crippen molar-refractivity contribution in [3.63, 3.8) is 0 Å². The Hall–Kier alpha value is -1.43. The first kappa shape index (κ1) is 13.5. The van der Waals surface area contributed by atoms with Crippen LogP contribution in [-0.2, 0) is 24.3 Å². The van der Waals surface area contributed by atoms with Crippen molar-refractivity contribution in [2.75, 3.05) is 19.6 Å². The van der Waals surface area contributed by atoms with Crippen LogP contribution in [0.4, 0.5) is 0 Å². The van der Waals surface area contributed by atoms with Gasteiger partial charge in [-0.2, -0.15) is 0 Å². The van der Waals surface area contributed by atoms with Gasteiger partial charge in [-0.05, 0) is 32.1 Å². The van der Waals surface area contributed by atoms with E-state index in [1.807, 2.05) is 4.90 Å². The molecule has 1 saturated heterocycles. The molecule has 1 amide bonds. The number of carbonyl (C=O) groups excluding carboxylic acids is 1. The molecular formula is C14H23N5O. The Kier molecular flexibility index (Phi) is 4.30. The molecule has 1 aromatic rings. The van der Waals surface area contributed by atoms with Crippen molar-refractivity contribution in [1.29, 1.82) is 0 Å². The number of likely N-dealkylation sites (tertiary alicyclic amines) is 1. The zero-order chi connectivity index (χ0) is 13.8. The highest BCUT2D eigenvalue weighted by Crippen LogP contribution is 2.14. The van der Waals surface area contributed by atoms with Gasteiger partial charge in [-0.1, -0.05) is 0 Å². The fraction of sp³-hybridized carbons (Fsp3) is 0.786. The van der Waals surface area contributed by atoms with E-state index in [0.717, 1.165) is 50.5 Å². The van der Waals surface area contributed by atoms with E-state index >= 15 is 0 Å². The predicted molar refractivity (Wildman–Crippen MR) is 75.1 cm³/mol. The molecule has 0 atom stereocenters. The lowest BCUT2D eigenvalue weighted by molar-refractivity contribution is -0.131. The van der Waals surface area contributed by atoms with Crippen LogP contribution < -0.4 is 5.32 Å². The summed E-state index contributed by atoms with van der Waals surface area (Å²) in [6, 6.07) is 0. The fourth-order valence-corrected chi connectivity index (χ4v) is 3.04. The summed E-state index contributed by atoms with van der Waals surface area (Å²) in [7, 11) is 0. The topological polar surface area (TPSA) is 63.1 Å². The first-order valence-corrected chi connectivity index (χ1v) is 7.74. The van der Waals surface area contributed by atoms with Crippen molar-refractivity contribution >= 4 is 5.91 Å². The Labute approximate surface area is 119 Å². The van der Waals surface area contributed by atoms with Gasteiger partial charge in [0.05, 0.1) is 13.1 Å². The second kappa shape index (κ2) is 6.35. The molecule has 1 N–H and O–H groups in total. The van der Waals surface area contributed by atoms with E-state index < -0.39 is 0 Å². The summed E-state index contributed by atoms with van der Waals surface area (Å²) in [5.41, 5.74) is 0. The number of aromatic nitrogens is 3. The molecule has 6 nitrogen and oxygen atoms in total. The molecule has 3 rings (SSSR count). The lowest BCUT2D eigenvalue weighted by Crippen LogP contribution is -2.41. The highest BCUT2D eigenvalue weighted by atomic mass is 16.2. The van der Waals surface area contributed by atoms with Gasteiger partial charge in [0.1, 0.15) is 11.6 Å². The number of fused-ring (bicyclic) bond motifs is 1. The molecule has 0 unspecified atom stereocenters. The van der Waals surface area contributed by atoms with Gasteiger partial charge in [0.25, 0.3) is 0 Å². The van der Waals surface area contributed by atoms with Crippen molar-refractivity contribution in [2.45, 2.75) is 51.6 Å². The van der Waals surface area contributed by atoms with Crippen molar-refractivity contribution in [2.24, 2.45) is 0 Å². The van der Waals surface area contributed by atoms with Crippen LogP contribution in [-0.4, -0.2) is 45.2 Å². The molecule has 0 radical (unpaired) electrons. The van der Waals surface area contributed by atoms with E-state index in [1.54, 1.807) is 0 Å². The Balaban J connectivity index is 1.47. The van der Waals surface area contributed by atoms with Crippen LogP contribution in [0.1, 0.15) is 43.8 Å². The Bertz CT molecular complexity index is 464. The zero-order valence-electron chi connectivity index (χ0n) is 12.0. The third-order valence-corrected chi connectivity index (χ3v) is 4.20. The molecule has 0 aromatic carbocycles. The van der Waals surface area contributed by atoms with Crippen molar-refractivity contribution < 1.29 is 4.79 Å². The third kappa shape index (κ3) is 3.00. The zero-order valence-corrected chi connectivity index (χ0v) is 12.0. The summed E-state index contributed by atoms with van der Waals surface area (Å²) >= 11 is 0. The number of rotatable bonds is 4. The second-order valence-corrected chi connectivity index (χ2v) is 5.69. The number of hydrogen-bond donors (Lipinski definition) is 1. The first-order valence-electron chi connectivity index (χ1n) is 7.74. The Morgan fingerprint density at radius 2 is 1.85 bits per heavy atom. The summed E-state index contributed by atoms with van der Waals surface area (Å²) in [6.45, 7) is 3.88. The highest BCUT2D eigenvalue weighted by molar-refractivity contribution is 5.78. The number of piperidine rings is 1. The van der Waals surface area contributed by atoms with Crippen molar-refractivity contribution in [3.05, 3.63) is 11.6 Å². The highest BCUT2D eigenvalue weighted by Gasteiger charge is 2.18. The van der Waals surface area contributed by atoms with Gasteiger partial charge in [-0.15, -0.1) is 10.2 Å². The minimum atomic E-state index is 0.211. The number of hydrogen-bond acceptors (Lipinski definition) is 4. The van der Waals surface area contributed by atoms with Crippen LogP contribution in [0.15, 0.2) is 0 Å². The van der Waals surface area contributed by atoms with Gasteiger partial charge in [0, 0.05) is 26.1 Å². The maximum absolute atomic E-state index is 12.0. The number of carbonyl (C=O) groups is 1. The molecule has 0 spiro atoms. The molecule has 2 aliphatic rings. The van der Waals surface area contributed by atoms with Crippen LogP contribution in [0.3, 0.4) is 0 Å². The van der Waals surface area contributed by atoms with Gasteiger partial charge >= 0.3 is 0 Å². The minimum absolute atomic E-state index is 0.211. The van der Waals surface area contributed by atoms with E-state index in [0.29, 0.717) is 13.1 Å². The standard InChI is InChI=1S/C14H23N5O/c20-14(18-7-3-1-4-8-18)11-15-10-13-17-16-12-6-2-5-9-19(12)13/h15H,1-11H2. The summed E-state index contributed by atoms with van der Waals surface area (Å²) in [5, 5.41) is 11.7. The molecule has 2 aliphatic heterocycles. The average Bonchev–Trinajstić information content (AvgIpc) is 2.92.